The predicted molar refractivity (Wildman–Crippen MR) is 109 cm³/mol. The van der Waals surface area contributed by atoms with Crippen LogP contribution in [-0.2, 0) is 33.7 Å². The van der Waals surface area contributed by atoms with Crippen LogP contribution in [0.5, 0.6) is 0 Å². The van der Waals surface area contributed by atoms with Gasteiger partial charge in [-0.2, -0.15) is 4.99 Å². The molecular weight excluding hydrogens is 380 g/mol. The number of fused-ring (bicyclic) bond motifs is 1. The summed E-state index contributed by atoms with van der Waals surface area (Å²) in [6.45, 7) is 2.21. The number of benzene rings is 1. The van der Waals surface area contributed by atoms with Crippen LogP contribution >= 0.6 is 22.7 Å². The van der Waals surface area contributed by atoms with Crippen molar-refractivity contribution in [1.29, 1.82) is 0 Å². The number of methoxy groups -OCH3 is 1. The highest BCUT2D eigenvalue weighted by Gasteiger charge is 2.13. The Hall–Kier alpha value is -2.25. The van der Waals surface area contributed by atoms with Crippen molar-refractivity contribution in [3.8, 4) is 0 Å². The number of thiophene rings is 1. The van der Waals surface area contributed by atoms with E-state index in [4.69, 9.17) is 4.74 Å². The summed E-state index contributed by atoms with van der Waals surface area (Å²) in [5, 5.41) is 1.94. The third kappa shape index (κ3) is 4.93. The van der Waals surface area contributed by atoms with Crippen LogP contribution in [0.2, 0.25) is 0 Å². The number of carbonyl (C=O) groups excluding carboxylic acids is 2. The summed E-state index contributed by atoms with van der Waals surface area (Å²) in [6.07, 6.45) is 3.56. The van der Waals surface area contributed by atoms with Crippen molar-refractivity contribution in [3.05, 3.63) is 51.0 Å². The van der Waals surface area contributed by atoms with Crippen molar-refractivity contribution >= 4 is 44.8 Å². The molecule has 142 valence electrons. The van der Waals surface area contributed by atoms with Crippen molar-refractivity contribution in [2.45, 2.75) is 39.2 Å². The van der Waals surface area contributed by atoms with Crippen LogP contribution in [0, 0.1) is 0 Å². The second kappa shape index (κ2) is 9.10. The van der Waals surface area contributed by atoms with Gasteiger partial charge in [0.15, 0.2) is 4.80 Å². The van der Waals surface area contributed by atoms with Crippen molar-refractivity contribution in [3.63, 3.8) is 0 Å². The van der Waals surface area contributed by atoms with Crippen molar-refractivity contribution < 1.29 is 14.3 Å². The standard InChI is InChI=1S/C20H22N2O3S2/c1-3-4-6-14-8-9-16-17(11-14)27-20(22(16)13-19(24)25-2)21-18(23)12-15-7-5-10-26-15/h5,7-11H,3-4,6,12-13H2,1-2H3. The second-order valence-corrected chi connectivity index (χ2v) is 8.26. The minimum atomic E-state index is -0.364. The van der Waals surface area contributed by atoms with E-state index >= 15 is 0 Å². The van der Waals surface area contributed by atoms with Gasteiger partial charge in [0.1, 0.15) is 6.54 Å². The Labute approximate surface area is 165 Å². The Morgan fingerprint density at radius 2 is 2.11 bits per heavy atom. The Morgan fingerprint density at radius 1 is 1.26 bits per heavy atom. The second-order valence-electron chi connectivity index (χ2n) is 6.21. The number of rotatable bonds is 7. The zero-order valence-electron chi connectivity index (χ0n) is 15.4. The van der Waals surface area contributed by atoms with Gasteiger partial charge in [0.05, 0.1) is 23.7 Å². The molecule has 0 N–H and O–H groups in total. The summed E-state index contributed by atoms with van der Waals surface area (Å²) in [7, 11) is 1.36. The van der Waals surface area contributed by atoms with Crippen LogP contribution in [-0.4, -0.2) is 23.6 Å². The predicted octanol–water partition coefficient (Wildman–Crippen LogP) is 3.95. The molecule has 0 radical (unpaired) electrons. The average molecular weight is 403 g/mol. The van der Waals surface area contributed by atoms with Crippen LogP contribution in [0.25, 0.3) is 10.2 Å². The van der Waals surface area contributed by atoms with Crippen LogP contribution in [0.3, 0.4) is 0 Å². The molecule has 7 heteroatoms. The Morgan fingerprint density at radius 3 is 2.81 bits per heavy atom. The molecule has 2 aromatic heterocycles. The average Bonchev–Trinajstić information content (AvgIpc) is 3.27. The minimum absolute atomic E-state index is 0.0376. The number of aromatic nitrogens is 1. The lowest BCUT2D eigenvalue weighted by molar-refractivity contribution is -0.141. The first-order valence-corrected chi connectivity index (χ1v) is 10.6. The number of aryl methyl sites for hydroxylation is 1. The number of nitrogens with zero attached hydrogens (tertiary/aromatic N) is 2. The van der Waals surface area contributed by atoms with Gasteiger partial charge in [0.25, 0.3) is 5.91 Å². The van der Waals surface area contributed by atoms with E-state index in [1.54, 1.807) is 4.57 Å². The fraction of sp³-hybridized carbons (Fsp3) is 0.350. The number of ether oxygens (including phenoxy) is 1. The number of carbonyl (C=O) groups is 2. The number of hydrogen-bond acceptors (Lipinski definition) is 5. The molecule has 0 aliphatic heterocycles. The summed E-state index contributed by atoms with van der Waals surface area (Å²) < 4.78 is 7.60. The van der Waals surface area contributed by atoms with Crippen LogP contribution in [0.1, 0.15) is 30.2 Å². The van der Waals surface area contributed by atoms with E-state index in [1.165, 1.54) is 35.3 Å². The molecule has 0 bridgehead atoms. The van der Waals surface area contributed by atoms with Crippen LogP contribution in [0.4, 0.5) is 0 Å². The third-order valence-corrected chi connectivity index (χ3v) is 6.12. The van der Waals surface area contributed by atoms with Gasteiger partial charge in [-0.15, -0.1) is 11.3 Å². The molecule has 0 aliphatic rings. The van der Waals surface area contributed by atoms with Crippen molar-refractivity contribution in [1.82, 2.24) is 4.57 Å². The first kappa shape index (κ1) is 19.5. The summed E-state index contributed by atoms with van der Waals surface area (Å²) in [4.78, 5) is 30.1. The molecular formula is C20H22N2O3S2. The van der Waals surface area contributed by atoms with E-state index in [1.807, 2.05) is 23.6 Å². The SMILES string of the molecule is CCCCc1ccc2c(c1)sc(=NC(=O)Cc1cccs1)n2CC(=O)OC. The minimum Gasteiger partial charge on any atom is -0.468 e. The fourth-order valence-corrected chi connectivity index (χ4v) is 4.60. The summed E-state index contributed by atoms with van der Waals surface area (Å²) in [6, 6.07) is 10.1. The molecule has 3 aromatic rings. The molecule has 3 rings (SSSR count). The summed E-state index contributed by atoms with van der Waals surface area (Å²) >= 11 is 2.97. The molecule has 5 nitrogen and oxygen atoms in total. The monoisotopic (exact) mass is 402 g/mol. The van der Waals surface area contributed by atoms with E-state index < -0.39 is 0 Å². The van der Waals surface area contributed by atoms with Gasteiger partial charge < -0.3 is 9.30 Å². The maximum absolute atomic E-state index is 12.4. The smallest absolute Gasteiger partial charge is 0.325 e. The molecule has 1 aromatic carbocycles. The fourth-order valence-electron chi connectivity index (χ4n) is 2.79. The normalized spacial score (nSPS) is 11.9. The molecule has 2 heterocycles. The highest BCUT2D eigenvalue weighted by atomic mass is 32.1. The first-order chi connectivity index (χ1) is 13.1. The molecule has 0 fully saturated rings. The first-order valence-electron chi connectivity index (χ1n) is 8.89. The Kier molecular flexibility index (Phi) is 6.58. The Bertz CT molecular complexity index is 1000. The molecule has 0 saturated heterocycles. The van der Waals surface area contributed by atoms with Gasteiger partial charge in [-0.3, -0.25) is 9.59 Å². The third-order valence-electron chi connectivity index (χ3n) is 4.21. The van der Waals surface area contributed by atoms with Crippen molar-refractivity contribution in [2.24, 2.45) is 4.99 Å². The molecule has 0 spiro atoms. The molecule has 27 heavy (non-hydrogen) atoms. The lowest BCUT2D eigenvalue weighted by Gasteiger charge is -2.04. The largest absolute Gasteiger partial charge is 0.468 e. The zero-order chi connectivity index (χ0) is 19.2. The molecule has 0 aliphatic carbocycles. The summed E-state index contributed by atoms with van der Waals surface area (Å²) in [5.41, 5.74) is 2.15. The number of thiazole rings is 1. The van der Waals surface area contributed by atoms with E-state index in [9.17, 15) is 9.59 Å². The molecule has 1 amide bonds. The van der Waals surface area contributed by atoms with Gasteiger partial charge >= 0.3 is 5.97 Å². The van der Waals surface area contributed by atoms with Crippen molar-refractivity contribution in [2.75, 3.05) is 7.11 Å². The lowest BCUT2D eigenvalue weighted by Crippen LogP contribution is -2.22. The highest BCUT2D eigenvalue weighted by molar-refractivity contribution is 7.16. The summed E-state index contributed by atoms with van der Waals surface area (Å²) in [5.74, 6) is -0.578. The van der Waals surface area contributed by atoms with E-state index in [-0.39, 0.29) is 24.8 Å². The topological polar surface area (TPSA) is 60.7 Å². The zero-order valence-corrected chi connectivity index (χ0v) is 17.1. The number of unbranched alkanes of at least 4 members (excludes halogenated alkanes) is 1. The van der Waals surface area contributed by atoms with Crippen LogP contribution in [0.15, 0.2) is 40.7 Å². The van der Waals surface area contributed by atoms with E-state index in [0.29, 0.717) is 4.80 Å². The van der Waals surface area contributed by atoms with E-state index in [0.717, 1.165) is 34.4 Å². The van der Waals surface area contributed by atoms with Gasteiger partial charge in [-0.25, -0.2) is 0 Å². The Balaban J connectivity index is 2.00. The number of hydrogen-bond donors (Lipinski definition) is 0. The van der Waals surface area contributed by atoms with Crippen LogP contribution < -0.4 is 4.80 Å². The number of amides is 1. The maximum atomic E-state index is 12.4. The van der Waals surface area contributed by atoms with Gasteiger partial charge in [0.2, 0.25) is 0 Å². The molecule has 0 unspecified atom stereocenters. The lowest BCUT2D eigenvalue weighted by atomic mass is 10.1. The number of esters is 1. The molecule has 0 atom stereocenters. The van der Waals surface area contributed by atoms with Gasteiger partial charge in [0, 0.05) is 4.88 Å². The van der Waals surface area contributed by atoms with E-state index in [2.05, 4.69) is 24.0 Å². The molecule has 0 saturated carbocycles. The highest BCUT2D eigenvalue weighted by Crippen LogP contribution is 2.21. The van der Waals surface area contributed by atoms with Gasteiger partial charge in [-0.05, 0) is 42.0 Å². The quantitative estimate of drug-likeness (QED) is 0.562. The van der Waals surface area contributed by atoms with Gasteiger partial charge in [-0.1, -0.05) is 36.8 Å². The maximum Gasteiger partial charge on any atom is 0.325 e.